The molecule has 0 aromatic carbocycles. The second-order valence-corrected chi connectivity index (χ2v) is 2.07. The summed E-state index contributed by atoms with van der Waals surface area (Å²) in [4.78, 5) is 0. The number of rotatable bonds is 3. The standard InChI is InChI=1S/C6H6F6/c1-2-3(7)6(11,12)4(8)5(9)10/h3H,2H2,1H3. The van der Waals surface area contributed by atoms with E-state index in [9.17, 15) is 26.3 Å². The minimum absolute atomic E-state index is 0.728. The van der Waals surface area contributed by atoms with Crippen molar-refractivity contribution in [2.45, 2.75) is 25.4 Å². The van der Waals surface area contributed by atoms with Gasteiger partial charge in [0.05, 0.1) is 0 Å². The summed E-state index contributed by atoms with van der Waals surface area (Å²) in [6, 6.07) is 0. The van der Waals surface area contributed by atoms with Crippen molar-refractivity contribution in [1.82, 2.24) is 0 Å². The Labute approximate surface area is 64.9 Å². The van der Waals surface area contributed by atoms with Gasteiger partial charge in [0.25, 0.3) is 0 Å². The van der Waals surface area contributed by atoms with Crippen molar-refractivity contribution in [3.63, 3.8) is 0 Å². The van der Waals surface area contributed by atoms with E-state index in [0.29, 0.717) is 0 Å². The lowest BCUT2D eigenvalue weighted by molar-refractivity contribution is -0.0610. The molecule has 0 saturated carbocycles. The van der Waals surface area contributed by atoms with E-state index in [-0.39, 0.29) is 0 Å². The summed E-state index contributed by atoms with van der Waals surface area (Å²) < 4.78 is 70.9. The molecule has 6 heteroatoms. The fraction of sp³-hybridized carbons (Fsp3) is 0.667. The van der Waals surface area contributed by atoms with E-state index in [1.807, 2.05) is 0 Å². The highest BCUT2D eigenvalue weighted by Crippen LogP contribution is 2.35. The molecule has 0 N–H and O–H groups in total. The Morgan fingerprint density at radius 3 is 1.92 bits per heavy atom. The molecule has 0 aliphatic heterocycles. The van der Waals surface area contributed by atoms with Crippen LogP contribution in [0.2, 0.25) is 0 Å². The third-order valence-corrected chi connectivity index (χ3v) is 1.21. The second-order valence-electron chi connectivity index (χ2n) is 2.07. The van der Waals surface area contributed by atoms with Crippen molar-refractivity contribution in [2.24, 2.45) is 0 Å². The molecule has 1 unspecified atom stereocenters. The Bertz CT molecular complexity index is 180. The normalized spacial score (nSPS) is 14.2. The number of alkyl halides is 3. The average molecular weight is 192 g/mol. The van der Waals surface area contributed by atoms with Gasteiger partial charge >= 0.3 is 12.0 Å². The van der Waals surface area contributed by atoms with E-state index < -0.39 is 30.4 Å². The zero-order valence-corrected chi connectivity index (χ0v) is 6.05. The van der Waals surface area contributed by atoms with Gasteiger partial charge in [0.15, 0.2) is 6.17 Å². The summed E-state index contributed by atoms with van der Waals surface area (Å²) in [6.45, 7) is 1.00. The monoisotopic (exact) mass is 192 g/mol. The fourth-order valence-corrected chi connectivity index (χ4v) is 0.520. The van der Waals surface area contributed by atoms with Crippen LogP contribution in [0.15, 0.2) is 11.9 Å². The second kappa shape index (κ2) is 3.82. The highest BCUT2D eigenvalue weighted by Gasteiger charge is 2.46. The van der Waals surface area contributed by atoms with E-state index in [0.717, 1.165) is 6.92 Å². The van der Waals surface area contributed by atoms with Gasteiger partial charge in [0.1, 0.15) is 0 Å². The lowest BCUT2D eigenvalue weighted by Gasteiger charge is -2.16. The predicted molar refractivity (Wildman–Crippen MR) is 30.5 cm³/mol. The predicted octanol–water partition coefficient (Wildman–Crippen LogP) is 3.45. The minimum Gasteiger partial charge on any atom is -0.240 e. The number of allylic oxidation sites excluding steroid dienone is 1. The van der Waals surface area contributed by atoms with Crippen molar-refractivity contribution in [2.75, 3.05) is 0 Å². The Kier molecular flexibility index (Phi) is 3.60. The largest absolute Gasteiger partial charge is 0.334 e. The van der Waals surface area contributed by atoms with E-state index in [1.54, 1.807) is 0 Å². The van der Waals surface area contributed by atoms with Crippen LogP contribution in [-0.2, 0) is 0 Å². The van der Waals surface area contributed by atoms with Gasteiger partial charge in [-0.2, -0.15) is 22.0 Å². The fourth-order valence-electron chi connectivity index (χ4n) is 0.520. The molecule has 0 radical (unpaired) electrons. The molecule has 72 valence electrons. The van der Waals surface area contributed by atoms with Gasteiger partial charge in [-0.05, 0) is 6.42 Å². The van der Waals surface area contributed by atoms with Gasteiger partial charge in [-0.25, -0.2) is 4.39 Å². The first-order valence-electron chi connectivity index (χ1n) is 3.07. The van der Waals surface area contributed by atoms with Crippen LogP contribution in [0.25, 0.3) is 0 Å². The lowest BCUT2D eigenvalue weighted by Crippen LogP contribution is -2.30. The number of halogens is 6. The number of hydrogen-bond donors (Lipinski definition) is 0. The first kappa shape index (κ1) is 11.3. The van der Waals surface area contributed by atoms with Crippen LogP contribution in [0.3, 0.4) is 0 Å². The van der Waals surface area contributed by atoms with Crippen LogP contribution < -0.4 is 0 Å². The Morgan fingerprint density at radius 1 is 1.25 bits per heavy atom. The van der Waals surface area contributed by atoms with Gasteiger partial charge in [-0.15, -0.1) is 0 Å². The first-order valence-corrected chi connectivity index (χ1v) is 3.07. The van der Waals surface area contributed by atoms with E-state index in [4.69, 9.17) is 0 Å². The molecule has 0 rings (SSSR count). The average Bonchev–Trinajstić information content (AvgIpc) is 2.01. The third-order valence-electron chi connectivity index (χ3n) is 1.21. The maximum atomic E-state index is 12.2. The summed E-state index contributed by atoms with van der Waals surface area (Å²) in [5, 5.41) is 0. The highest BCUT2D eigenvalue weighted by molar-refractivity contribution is 5.07. The Morgan fingerprint density at radius 2 is 1.67 bits per heavy atom. The van der Waals surface area contributed by atoms with Gasteiger partial charge in [0, 0.05) is 0 Å². The molecule has 0 amide bonds. The smallest absolute Gasteiger partial charge is 0.240 e. The maximum Gasteiger partial charge on any atom is 0.334 e. The van der Waals surface area contributed by atoms with Crippen molar-refractivity contribution in [1.29, 1.82) is 0 Å². The molecule has 0 aromatic rings. The SMILES string of the molecule is CCC(F)C(F)(F)C(F)=C(F)F. The van der Waals surface area contributed by atoms with Crippen molar-refractivity contribution in [3.8, 4) is 0 Å². The molecule has 12 heavy (non-hydrogen) atoms. The minimum atomic E-state index is -4.71. The molecule has 0 aromatic heterocycles. The summed E-state index contributed by atoms with van der Waals surface area (Å²) in [7, 11) is 0. The van der Waals surface area contributed by atoms with Crippen molar-refractivity contribution in [3.05, 3.63) is 11.9 Å². The van der Waals surface area contributed by atoms with Gasteiger partial charge in [-0.1, -0.05) is 6.92 Å². The molecule has 0 bridgehead atoms. The molecule has 0 aliphatic carbocycles. The summed E-state index contributed by atoms with van der Waals surface area (Å²) in [6.07, 6.45) is -6.83. The topological polar surface area (TPSA) is 0 Å². The number of hydrogen-bond acceptors (Lipinski definition) is 0. The zero-order valence-electron chi connectivity index (χ0n) is 6.05. The molecule has 1 atom stereocenters. The lowest BCUT2D eigenvalue weighted by atomic mass is 10.1. The first-order chi connectivity index (χ1) is 5.34. The molecular formula is C6H6F6. The molecular weight excluding hydrogens is 186 g/mol. The van der Waals surface area contributed by atoms with E-state index >= 15 is 0 Å². The van der Waals surface area contributed by atoms with Gasteiger partial charge in [-0.3, -0.25) is 0 Å². The van der Waals surface area contributed by atoms with Crippen LogP contribution in [0.4, 0.5) is 26.3 Å². The van der Waals surface area contributed by atoms with Crippen LogP contribution in [0.1, 0.15) is 13.3 Å². The third kappa shape index (κ3) is 2.15. The molecule has 0 heterocycles. The quantitative estimate of drug-likeness (QED) is 0.600. The van der Waals surface area contributed by atoms with Crippen molar-refractivity contribution < 1.29 is 26.3 Å². The molecule has 0 spiro atoms. The van der Waals surface area contributed by atoms with Crippen LogP contribution in [0.5, 0.6) is 0 Å². The summed E-state index contributed by atoms with van der Waals surface area (Å²) in [5.74, 6) is -7.70. The summed E-state index contributed by atoms with van der Waals surface area (Å²) >= 11 is 0. The molecule has 0 nitrogen and oxygen atoms in total. The van der Waals surface area contributed by atoms with Crippen LogP contribution in [-0.4, -0.2) is 12.1 Å². The van der Waals surface area contributed by atoms with Crippen molar-refractivity contribution >= 4 is 0 Å². The van der Waals surface area contributed by atoms with Crippen LogP contribution >= 0.6 is 0 Å². The van der Waals surface area contributed by atoms with E-state index in [1.165, 1.54) is 0 Å². The molecule has 0 fully saturated rings. The summed E-state index contributed by atoms with van der Waals surface area (Å²) in [5.41, 5.74) is 0. The molecule has 0 aliphatic rings. The van der Waals surface area contributed by atoms with Crippen LogP contribution in [0, 0.1) is 0 Å². The zero-order chi connectivity index (χ0) is 9.94. The maximum absolute atomic E-state index is 12.2. The molecule has 0 saturated heterocycles. The Hall–Kier alpha value is -0.680. The van der Waals surface area contributed by atoms with E-state index in [2.05, 4.69) is 0 Å². The Balaban J connectivity index is 4.73. The van der Waals surface area contributed by atoms with Gasteiger partial charge < -0.3 is 0 Å². The highest BCUT2D eigenvalue weighted by atomic mass is 19.3. The van der Waals surface area contributed by atoms with Gasteiger partial charge in [0.2, 0.25) is 5.83 Å².